The number of benzene rings is 2. The molecule has 0 aromatic heterocycles. The maximum atomic E-state index is 13.8. The Bertz CT molecular complexity index is 762. The Kier molecular flexibility index (Phi) is 5.73. The Balaban J connectivity index is 2.35. The molecule has 0 fully saturated rings. The fourth-order valence-corrected chi connectivity index (χ4v) is 2.58. The fraction of sp³-hybridized carbons (Fsp3) is 0.0556. The molecular formula is C18H13FINO. The summed E-state index contributed by atoms with van der Waals surface area (Å²) >= 11 is 2.16. The van der Waals surface area contributed by atoms with Crippen molar-refractivity contribution in [1.29, 1.82) is 5.26 Å². The first-order valence-corrected chi connectivity index (χ1v) is 7.63. The van der Waals surface area contributed by atoms with E-state index in [0.29, 0.717) is 12.2 Å². The van der Waals surface area contributed by atoms with Crippen molar-refractivity contribution >= 4 is 34.2 Å². The molecule has 2 aromatic carbocycles. The SMILES string of the molecule is C=CCOc1ccc(C=C(C#N)c2ccccc2F)cc1I. The Morgan fingerprint density at radius 2 is 2.09 bits per heavy atom. The molecule has 0 radical (unpaired) electrons. The fourth-order valence-electron chi connectivity index (χ4n) is 1.89. The third kappa shape index (κ3) is 3.95. The number of ether oxygens (including phenoxy) is 1. The molecule has 0 spiro atoms. The van der Waals surface area contributed by atoms with Crippen molar-refractivity contribution < 1.29 is 9.13 Å². The molecule has 2 rings (SSSR count). The van der Waals surface area contributed by atoms with Gasteiger partial charge in [0.25, 0.3) is 0 Å². The van der Waals surface area contributed by atoms with Gasteiger partial charge in [0.2, 0.25) is 0 Å². The van der Waals surface area contributed by atoms with Gasteiger partial charge < -0.3 is 4.74 Å². The highest BCUT2D eigenvalue weighted by molar-refractivity contribution is 14.1. The van der Waals surface area contributed by atoms with Crippen molar-refractivity contribution in [3.63, 3.8) is 0 Å². The summed E-state index contributed by atoms with van der Waals surface area (Å²) in [5.41, 5.74) is 1.40. The zero-order chi connectivity index (χ0) is 15.9. The van der Waals surface area contributed by atoms with Crippen LogP contribution in [0.3, 0.4) is 0 Å². The standard InChI is InChI=1S/C18H13FINO/c1-2-9-22-18-8-7-13(11-17(18)20)10-14(12-21)15-5-3-4-6-16(15)19/h2-8,10-11H,1,9H2. The average Bonchev–Trinajstić information content (AvgIpc) is 2.52. The van der Waals surface area contributed by atoms with E-state index in [0.717, 1.165) is 14.9 Å². The topological polar surface area (TPSA) is 33.0 Å². The lowest BCUT2D eigenvalue weighted by Crippen LogP contribution is -1.95. The minimum Gasteiger partial charge on any atom is -0.488 e. The van der Waals surface area contributed by atoms with Crippen LogP contribution in [0, 0.1) is 20.7 Å². The summed E-state index contributed by atoms with van der Waals surface area (Å²) in [4.78, 5) is 0. The van der Waals surface area contributed by atoms with Gasteiger partial charge >= 0.3 is 0 Å². The second-order valence-electron chi connectivity index (χ2n) is 4.44. The summed E-state index contributed by atoms with van der Waals surface area (Å²) in [5.74, 6) is 0.345. The van der Waals surface area contributed by atoms with Gasteiger partial charge in [-0.1, -0.05) is 36.9 Å². The van der Waals surface area contributed by atoms with E-state index >= 15 is 0 Å². The van der Waals surface area contributed by atoms with Crippen LogP contribution in [0.15, 0.2) is 55.1 Å². The molecule has 0 saturated carbocycles. The molecule has 0 amide bonds. The molecule has 0 aliphatic carbocycles. The van der Waals surface area contributed by atoms with Crippen molar-refractivity contribution in [2.45, 2.75) is 0 Å². The Morgan fingerprint density at radius 1 is 1.32 bits per heavy atom. The predicted molar refractivity (Wildman–Crippen MR) is 94.7 cm³/mol. The van der Waals surface area contributed by atoms with E-state index in [1.54, 1.807) is 30.4 Å². The van der Waals surface area contributed by atoms with E-state index in [9.17, 15) is 9.65 Å². The molecule has 0 N–H and O–H groups in total. The normalized spacial score (nSPS) is 10.9. The average molecular weight is 405 g/mol. The lowest BCUT2D eigenvalue weighted by atomic mass is 10.0. The Labute approximate surface area is 142 Å². The maximum absolute atomic E-state index is 13.8. The number of nitriles is 1. The van der Waals surface area contributed by atoms with Gasteiger partial charge in [-0.05, 0) is 52.4 Å². The molecule has 0 aliphatic heterocycles. The summed E-state index contributed by atoms with van der Waals surface area (Å²) in [6.07, 6.45) is 3.34. The molecule has 2 nitrogen and oxygen atoms in total. The van der Waals surface area contributed by atoms with Crippen LogP contribution in [0.4, 0.5) is 4.39 Å². The highest BCUT2D eigenvalue weighted by atomic mass is 127. The van der Waals surface area contributed by atoms with Gasteiger partial charge in [-0.15, -0.1) is 0 Å². The molecule has 0 unspecified atom stereocenters. The number of hydrogen-bond acceptors (Lipinski definition) is 2. The Morgan fingerprint density at radius 3 is 2.73 bits per heavy atom. The van der Waals surface area contributed by atoms with Gasteiger partial charge in [0, 0.05) is 5.56 Å². The van der Waals surface area contributed by atoms with Crippen LogP contribution in [0.5, 0.6) is 5.75 Å². The molecule has 110 valence electrons. The van der Waals surface area contributed by atoms with Crippen molar-refractivity contribution in [3.8, 4) is 11.8 Å². The monoisotopic (exact) mass is 405 g/mol. The van der Waals surface area contributed by atoms with Gasteiger partial charge in [0.1, 0.15) is 18.2 Å². The summed E-state index contributed by atoms with van der Waals surface area (Å²) in [5, 5.41) is 9.28. The molecule has 0 saturated heterocycles. The van der Waals surface area contributed by atoms with Crippen LogP contribution in [0.25, 0.3) is 11.6 Å². The second-order valence-corrected chi connectivity index (χ2v) is 5.60. The van der Waals surface area contributed by atoms with Crippen molar-refractivity contribution in [1.82, 2.24) is 0 Å². The molecular weight excluding hydrogens is 392 g/mol. The molecule has 2 aromatic rings. The van der Waals surface area contributed by atoms with Crippen LogP contribution in [0.1, 0.15) is 11.1 Å². The van der Waals surface area contributed by atoms with Crippen LogP contribution in [0.2, 0.25) is 0 Å². The lowest BCUT2D eigenvalue weighted by molar-refractivity contribution is 0.360. The third-order valence-electron chi connectivity index (χ3n) is 2.91. The summed E-state index contributed by atoms with van der Waals surface area (Å²) < 4.78 is 20.2. The maximum Gasteiger partial charge on any atom is 0.133 e. The summed E-state index contributed by atoms with van der Waals surface area (Å²) in [6.45, 7) is 4.04. The van der Waals surface area contributed by atoms with Crippen molar-refractivity contribution in [2.75, 3.05) is 6.61 Å². The molecule has 4 heteroatoms. The van der Waals surface area contributed by atoms with Gasteiger partial charge in [-0.3, -0.25) is 0 Å². The minimum atomic E-state index is -0.407. The number of nitrogens with zero attached hydrogens (tertiary/aromatic N) is 1. The van der Waals surface area contributed by atoms with Crippen LogP contribution in [-0.2, 0) is 0 Å². The van der Waals surface area contributed by atoms with E-state index in [2.05, 4.69) is 35.2 Å². The minimum absolute atomic E-state index is 0.286. The van der Waals surface area contributed by atoms with E-state index in [4.69, 9.17) is 4.74 Å². The van der Waals surface area contributed by atoms with E-state index in [1.165, 1.54) is 6.07 Å². The smallest absolute Gasteiger partial charge is 0.133 e. The first-order chi connectivity index (χ1) is 10.7. The first-order valence-electron chi connectivity index (χ1n) is 6.55. The van der Waals surface area contributed by atoms with Gasteiger partial charge in [0.15, 0.2) is 0 Å². The highest BCUT2D eigenvalue weighted by Crippen LogP contribution is 2.25. The van der Waals surface area contributed by atoms with Crippen molar-refractivity contribution in [3.05, 3.63) is 75.6 Å². The zero-order valence-electron chi connectivity index (χ0n) is 11.7. The number of halogens is 2. The lowest BCUT2D eigenvalue weighted by Gasteiger charge is -2.07. The van der Waals surface area contributed by atoms with Gasteiger partial charge in [-0.2, -0.15) is 5.26 Å². The van der Waals surface area contributed by atoms with Crippen LogP contribution >= 0.6 is 22.6 Å². The first kappa shape index (κ1) is 16.2. The second kappa shape index (κ2) is 7.76. The van der Waals surface area contributed by atoms with Crippen LogP contribution in [-0.4, -0.2) is 6.61 Å². The van der Waals surface area contributed by atoms with Crippen molar-refractivity contribution in [2.24, 2.45) is 0 Å². The molecule has 22 heavy (non-hydrogen) atoms. The van der Waals surface area contributed by atoms with Crippen LogP contribution < -0.4 is 4.74 Å². The molecule has 0 aliphatic rings. The van der Waals surface area contributed by atoms with E-state index < -0.39 is 5.82 Å². The number of allylic oxidation sites excluding steroid dienone is 1. The van der Waals surface area contributed by atoms with E-state index in [1.807, 2.05) is 18.2 Å². The number of rotatable bonds is 5. The summed E-state index contributed by atoms with van der Waals surface area (Å²) in [7, 11) is 0. The molecule has 0 bridgehead atoms. The highest BCUT2D eigenvalue weighted by Gasteiger charge is 2.08. The number of hydrogen-bond donors (Lipinski definition) is 0. The quantitative estimate of drug-likeness (QED) is 0.302. The Hall–Kier alpha value is -2.13. The molecule has 0 heterocycles. The predicted octanol–water partition coefficient (Wildman–Crippen LogP) is 5.06. The van der Waals surface area contributed by atoms with Gasteiger partial charge in [-0.25, -0.2) is 4.39 Å². The van der Waals surface area contributed by atoms with Gasteiger partial charge in [0.05, 0.1) is 15.2 Å². The largest absolute Gasteiger partial charge is 0.488 e. The van der Waals surface area contributed by atoms with E-state index in [-0.39, 0.29) is 5.57 Å². The molecule has 0 atom stereocenters. The summed E-state index contributed by atoms with van der Waals surface area (Å²) in [6, 6.07) is 13.8. The third-order valence-corrected chi connectivity index (χ3v) is 3.75. The zero-order valence-corrected chi connectivity index (χ0v) is 13.9.